The summed E-state index contributed by atoms with van der Waals surface area (Å²) in [4.78, 5) is 17.6. The number of nitrogens with zero attached hydrogens (tertiary/aromatic N) is 2. The van der Waals surface area contributed by atoms with Gasteiger partial charge in [0.25, 0.3) is 5.91 Å². The molecule has 0 unspecified atom stereocenters. The highest BCUT2D eigenvalue weighted by Gasteiger charge is 2.32. The lowest BCUT2D eigenvalue weighted by Crippen LogP contribution is -2.56. The van der Waals surface area contributed by atoms with Crippen molar-refractivity contribution in [3.05, 3.63) is 59.4 Å². The Labute approximate surface area is 186 Å². The molecule has 0 spiro atoms. The van der Waals surface area contributed by atoms with Crippen LogP contribution in [0.1, 0.15) is 28.4 Å². The minimum Gasteiger partial charge on any atom is -0.493 e. The molecule has 0 aliphatic carbocycles. The van der Waals surface area contributed by atoms with Crippen LogP contribution in [0.3, 0.4) is 0 Å². The predicted octanol–water partition coefficient (Wildman–Crippen LogP) is 1.96. The van der Waals surface area contributed by atoms with Crippen LogP contribution in [-0.2, 0) is 4.74 Å². The summed E-state index contributed by atoms with van der Waals surface area (Å²) in [6.07, 6.45) is -0.382. The molecular formula is C24H28FN3O4. The third kappa shape index (κ3) is 4.30. The zero-order valence-electron chi connectivity index (χ0n) is 17.9. The van der Waals surface area contributed by atoms with E-state index < -0.39 is 18.0 Å². The van der Waals surface area contributed by atoms with Crippen molar-refractivity contribution in [2.75, 3.05) is 50.9 Å². The summed E-state index contributed by atoms with van der Waals surface area (Å²) in [6, 6.07) is 11.3. The predicted molar refractivity (Wildman–Crippen MR) is 118 cm³/mol. The fourth-order valence-corrected chi connectivity index (χ4v) is 4.55. The summed E-state index contributed by atoms with van der Waals surface area (Å²) >= 11 is 0. The second-order valence-electron chi connectivity index (χ2n) is 8.60. The van der Waals surface area contributed by atoms with E-state index >= 15 is 0 Å². The van der Waals surface area contributed by atoms with Gasteiger partial charge in [-0.15, -0.1) is 0 Å². The monoisotopic (exact) mass is 441 g/mol. The first-order valence-electron chi connectivity index (χ1n) is 11.2. The number of hydrogen-bond acceptors (Lipinski definition) is 6. The van der Waals surface area contributed by atoms with Gasteiger partial charge in [0.05, 0.1) is 38.0 Å². The van der Waals surface area contributed by atoms with Crippen LogP contribution >= 0.6 is 0 Å². The zero-order valence-corrected chi connectivity index (χ0v) is 17.9. The van der Waals surface area contributed by atoms with Crippen LogP contribution in [0.4, 0.5) is 10.1 Å². The smallest absolute Gasteiger partial charge is 0.251 e. The Hall–Kier alpha value is -2.68. The molecule has 2 N–H and O–H groups in total. The van der Waals surface area contributed by atoms with E-state index in [0.29, 0.717) is 30.4 Å². The largest absolute Gasteiger partial charge is 0.493 e. The van der Waals surface area contributed by atoms with E-state index in [0.717, 1.165) is 50.6 Å². The molecule has 3 heterocycles. The lowest BCUT2D eigenvalue weighted by Gasteiger charge is -2.43. The van der Waals surface area contributed by atoms with E-state index in [4.69, 9.17) is 9.47 Å². The highest BCUT2D eigenvalue weighted by atomic mass is 19.1. The lowest BCUT2D eigenvalue weighted by atomic mass is 9.98. The number of benzene rings is 2. The Morgan fingerprint density at radius 1 is 1.06 bits per heavy atom. The highest BCUT2D eigenvalue weighted by Crippen LogP contribution is 2.35. The topological polar surface area (TPSA) is 74.3 Å². The molecule has 2 aromatic rings. The molecule has 3 aliphatic heterocycles. The Balaban J connectivity index is 1.35. The standard InChI is InChI=1S/C24H28FN3O4/c25-17-3-1-16(2-4-17)24(30)26-23-20-13-18(5-6-22(20)32-12-7-21(23)29)27-8-10-28(11-9-27)19-14-31-15-19/h1-6,13,19,21,23,29H,7-12,14-15H2,(H,26,30)/t21-,23-/m1/s1. The summed E-state index contributed by atoms with van der Waals surface area (Å²) in [7, 11) is 0. The molecule has 5 rings (SSSR count). The van der Waals surface area contributed by atoms with Gasteiger partial charge in [0.1, 0.15) is 11.6 Å². The normalized spacial score (nSPS) is 24.1. The lowest BCUT2D eigenvalue weighted by molar-refractivity contribution is -0.0660. The van der Waals surface area contributed by atoms with Crippen LogP contribution < -0.4 is 15.0 Å². The Bertz CT molecular complexity index is 958. The molecule has 0 saturated carbocycles. The van der Waals surface area contributed by atoms with Gasteiger partial charge < -0.3 is 24.8 Å². The number of carbonyl (C=O) groups excluding carboxylic acids is 1. The number of hydrogen-bond donors (Lipinski definition) is 2. The maximum absolute atomic E-state index is 13.2. The van der Waals surface area contributed by atoms with Gasteiger partial charge in [-0.2, -0.15) is 0 Å². The van der Waals surface area contributed by atoms with Crippen molar-refractivity contribution in [2.45, 2.75) is 24.6 Å². The SMILES string of the molecule is O=C(N[C@@H]1c2cc(N3CCN(C4COC4)CC3)ccc2OCC[C@H]1O)c1ccc(F)cc1. The van der Waals surface area contributed by atoms with E-state index in [2.05, 4.69) is 15.1 Å². The molecule has 2 fully saturated rings. The minimum absolute atomic E-state index is 0.345. The molecule has 0 aromatic heterocycles. The van der Waals surface area contributed by atoms with Crippen LogP contribution in [0.15, 0.2) is 42.5 Å². The number of fused-ring (bicyclic) bond motifs is 1. The fraction of sp³-hybridized carbons (Fsp3) is 0.458. The average Bonchev–Trinajstić information content (AvgIpc) is 2.92. The third-order valence-corrected chi connectivity index (χ3v) is 6.59. The van der Waals surface area contributed by atoms with Crippen LogP contribution in [-0.4, -0.2) is 74.1 Å². The Morgan fingerprint density at radius 2 is 1.81 bits per heavy atom. The van der Waals surface area contributed by atoms with Crippen molar-refractivity contribution in [1.29, 1.82) is 0 Å². The number of rotatable bonds is 4. The molecule has 0 radical (unpaired) electrons. The number of amides is 1. The molecule has 8 heteroatoms. The number of nitrogens with one attached hydrogen (secondary N) is 1. The second-order valence-corrected chi connectivity index (χ2v) is 8.60. The van der Waals surface area contributed by atoms with Crippen molar-refractivity contribution in [3.63, 3.8) is 0 Å². The number of carbonyl (C=O) groups is 1. The first-order valence-corrected chi connectivity index (χ1v) is 11.2. The molecule has 2 atom stereocenters. The van der Waals surface area contributed by atoms with Gasteiger partial charge in [-0.1, -0.05) is 0 Å². The molecule has 0 bridgehead atoms. The molecule has 1 amide bonds. The van der Waals surface area contributed by atoms with E-state index in [1.54, 1.807) is 0 Å². The van der Waals surface area contributed by atoms with Gasteiger partial charge >= 0.3 is 0 Å². The highest BCUT2D eigenvalue weighted by molar-refractivity contribution is 5.94. The van der Waals surface area contributed by atoms with Crippen molar-refractivity contribution in [1.82, 2.24) is 10.2 Å². The van der Waals surface area contributed by atoms with E-state index in [1.807, 2.05) is 18.2 Å². The minimum atomic E-state index is -0.786. The third-order valence-electron chi connectivity index (χ3n) is 6.59. The zero-order chi connectivity index (χ0) is 22.1. The first-order chi connectivity index (χ1) is 15.6. The van der Waals surface area contributed by atoms with Crippen LogP contribution in [0.2, 0.25) is 0 Å². The molecule has 32 heavy (non-hydrogen) atoms. The van der Waals surface area contributed by atoms with Crippen molar-refractivity contribution in [3.8, 4) is 5.75 Å². The molecule has 7 nitrogen and oxygen atoms in total. The van der Waals surface area contributed by atoms with E-state index in [9.17, 15) is 14.3 Å². The van der Waals surface area contributed by atoms with Crippen molar-refractivity contribution >= 4 is 11.6 Å². The van der Waals surface area contributed by atoms with Gasteiger partial charge in [-0.25, -0.2) is 4.39 Å². The summed E-state index contributed by atoms with van der Waals surface area (Å²) in [5.74, 6) is -0.0898. The Kier molecular flexibility index (Phi) is 5.99. The second kappa shape index (κ2) is 9.05. The molecule has 2 aromatic carbocycles. The van der Waals surface area contributed by atoms with Crippen LogP contribution in [0.25, 0.3) is 0 Å². The van der Waals surface area contributed by atoms with Crippen LogP contribution in [0.5, 0.6) is 5.75 Å². The average molecular weight is 442 g/mol. The fourth-order valence-electron chi connectivity index (χ4n) is 4.55. The Morgan fingerprint density at radius 3 is 2.50 bits per heavy atom. The van der Waals surface area contributed by atoms with Crippen LogP contribution in [0, 0.1) is 5.82 Å². The maximum atomic E-state index is 13.2. The van der Waals surface area contributed by atoms with Gasteiger partial charge in [-0.3, -0.25) is 9.69 Å². The number of anilines is 1. The summed E-state index contributed by atoms with van der Waals surface area (Å²) < 4.78 is 24.4. The van der Waals surface area contributed by atoms with Gasteiger partial charge in [0, 0.05) is 49.4 Å². The summed E-state index contributed by atoms with van der Waals surface area (Å²) in [6.45, 7) is 5.80. The molecule has 3 aliphatic rings. The van der Waals surface area contributed by atoms with E-state index in [1.165, 1.54) is 24.3 Å². The molecular weight excluding hydrogens is 413 g/mol. The summed E-state index contributed by atoms with van der Waals surface area (Å²) in [5, 5.41) is 13.7. The molecule has 2 saturated heterocycles. The van der Waals surface area contributed by atoms with Gasteiger partial charge in [0.2, 0.25) is 0 Å². The first kappa shape index (κ1) is 21.2. The summed E-state index contributed by atoms with van der Waals surface area (Å²) in [5.41, 5.74) is 2.15. The molecule has 170 valence electrons. The number of piperazine rings is 1. The maximum Gasteiger partial charge on any atom is 0.251 e. The number of aliphatic hydroxyl groups is 1. The van der Waals surface area contributed by atoms with Gasteiger partial charge in [-0.05, 0) is 42.5 Å². The van der Waals surface area contributed by atoms with Crippen molar-refractivity contribution < 1.29 is 23.8 Å². The number of halogens is 1. The number of aliphatic hydroxyl groups excluding tert-OH is 1. The van der Waals surface area contributed by atoms with Crippen molar-refractivity contribution in [2.24, 2.45) is 0 Å². The van der Waals surface area contributed by atoms with Gasteiger partial charge in [0.15, 0.2) is 0 Å². The quantitative estimate of drug-likeness (QED) is 0.756. The van der Waals surface area contributed by atoms with E-state index in [-0.39, 0.29) is 5.91 Å². The number of ether oxygens (including phenoxy) is 2.